The molecule has 1 heterocycles. The zero-order valence-electron chi connectivity index (χ0n) is 3.26. The van der Waals surface area contributed by atoms with Gasteiger partial charge in [0, 0.05) is 0 Å². The smallest absolute Gasteiger partial charge is 0.269 e. The molecule has 1 aliphatic heterocycles. The highest BCUT2D eigenvalue weighted by Gasteiger charge is 2.09. The minimum atomic E-state index is -0.954. The third-order valence-electron chi connectivity index (χ3n) is 0.604. The van der Waals surface area contributed by atoms with Gasteiger partial charge < -0.3 is 14.6 Å². The Labute approximate surface area is 35.5 Å². The zero-order chi connectivity index (χ0) is 4.41. The van der Waals surface area contributed by atoms with Crippen LogP contribution in [-0.2, 0) is 9.47 Å². The summed E-state index contributed by atoms with van der Waals surface area (Å²) < 4.78 is 8.97. The molecule has 0 aliphatic carbocycles. The Bertz CT molecular complexity index is 39.3. The minimum Gasteiger partial charge on any atom is -0.346 e. The van der Waals surface area contributed by atoms with Crippen LogP contribution in [0.3, 0.4) is 0 Å². The molecule has 0 spiro atoms. The maximum Gasteiger partial charge on any atom is 0.269 e. The highest BCUT2D eigenvalue weighted by molar-refractivity contribution is 4.33. The van der Waals surface area contributed by atoms with Crippen LogP contribution in [0, 0.1) is 0 Å². The van der Waals surface area contributed by atoms with Crippen LogP contribution in [0.2, 0.25) is 0 Å². The fourth-order valence-electron chi connectivity index (χ4n) is 0.346. The van der Waals surface area contributed by atoms with E-state index < -0.39 is 6.48 Å². The first kappa shape index (κ1) is 4.05. The molecule has 0 saturated carbocycles. The third kappa shape index (κ3) is 0.680. The molecule has 0 amide bonds. The number of hydrogen-bond donors (Lipinski definition) is 1. The van der Waals surface area contributed by atoms with Crippen LogP contribution >= 0.6 is 0 Å². The lowest BCUT2D eigenvalue weighted by Crippen LogP contribution is -2.03. The lowest BCUT2D eigenvalue weighted by molar-refractivity contribution is -0.195. The summed E-state index contributed by atoms with van der Waals surface area (Å²) in [6.07, 6.45) is 0. The molecule has 36 valence electrons. The quantitative estimate of drug-likeness (QED) is 0.428. The van der Waals surface area contributed by atoms with Crippen molar-refractivity contribution in [3.05, 3.63) is 0 Å². The Balaban J connectivity index is 2.18. The van der Waals surface area contributed by atoms with E-state index in [1.54, 1.807) is 0 Å². The van der Waals surface area contributed by atoms with E-state index in [0.29, 0.717) is 13.2 Å². The maximum atomic E-state index is 8.28. The number of rotatable bonds is 0. The van der Waals surface area contributed by atoms with E-state index in [0.717, 1.165) is 0 Å². The lowest BCUT2D eigenvalue weighted by atomic mass is 10.8. The standard InChI is InChI=1S/C3H6O3/c4-3-5-1-2-6-3/h3-4H,1-2H2. The molecule has 1 aliphatic rings. The van der Waals surface area contributed by atoms with Gasteiger partial charge in [-0.1, -0.05) is 0 Å². The molecule has 1 fully saturated rings. The normalized spacial score (nSPS) is 25.5. The van der Waals surface area contributed by atoms with E-state index >= 15 is 0 Å². The van der Waals surface area contributed by atoms with Gasteiger partial charge >= 0.3 is 0 Å². The summed E-state index contributed by atoms with van der Waals surface area (Å²) >= 11 is 0. The summed E-state index contributed by atoms with van der Waals surface area (Å²) in [5.74, 6) is 0. The van der Waals surface area contributed by atoms with Gasteiger partial charge in [0.05, 0.1) is 13.2 Å². The van der Waals surface area contributed by atoms with Crippen molar-refractivity contribution < 1.29 is 14.6 Å². The molecule has 6 heavy (non-hydrogen) atoms. The van der Waals surface area contributed by atoms with Gasteiger partial charge in [0.1, 0.15) is 0 Å². The van der Waals surface area contributed by atoms with Crippen LogP contribution in [0.1, 0.15) is 0 Å². The number of aliphatic hydroxyl groups is 1. The van der Waals surface area contributed by atoms with E-state index in [1.165, 1.54) is 0 Å². The van der Waals surface area contributed by atoms with E-state index in [2.05, 4.69) is 9.47 Å². The molecule has 3 nitrogen and oxygen atoms in total. The van der Waals surface area contributed by atoms with Gasteiger partial charge in [-0.05, 0) is 0 Å². The van der Waals surface area contributed by atoms with E-state index in [1.807, 2.05) is 0 Å². The molecular weight excluding hydrogens is 84.0 g/mol. The summed E-state index contributed by atoms with van der Waals surface area (Å²) in [5.41, 5.74) is 0. The molecule has 0 aromatic heterocycles. The van der Waals surface area contributed by atoms with Crippen LogP contribution < -0.4 is 0 Å². The number of aliphatic hydroxyl groups excluding tert-OH is 1. The second-order valence-electron chi connectivity index (χ2n) is 1.05. The molecule has 1 rings (SSSR count). The number of hydrogen-bond acceptors (Lipinski definition) is 3. The van der Waals surface area contributed by atoms with E-state index in [-0.39, 0.29) is 0 Å². The van der Waals surface area contributed by atoms with Gasteiger partial charge in [-0.2, -0.15) is 0 Å². The lowest BCUT2D eigenvalue weighted by Gasteiger charge is -1.93. The predicted octanol–water partition coefficient (Wildman–Crippen LogP) is -0.691. The molecule has 0 radical (unpaired) electrons. The highest BCUT2D eigenvalue weighted by Crippen LogP contribution is 1.96. The Morgan fingerprint density at radius 1 is 1.33 bits per heavy atom. The van der Waals surface area contributed by atoms with Gasteiger partial charge in [-0.25, -0.2) is 0 Å². The van der Waals surface area contributed by atoms with Crippen molar-refractivity contribution >= 4 is 0 Å². The van der Waals surface area contributed by atoms with Crippen molar-refractivity contribution in [3.8, 4) is 0 Å². The van der Waals surface area contributed by atoms with Crippen LogP contribution in [0.15, 0.2) is 0 Å². The molecule has 0 aromatic carbocycles. The first-order valence-electron chi connectivity index (χ1n) is 1.81. The molecule has 0 aromatic rings. The van der Waals surface area contributed by atoms with Crippen LogP contribution in [-0.4, -0.2) is 24.8 Å². The molecule has 0 bridgehead atoms. The fraction of sp³-hybridized carbons (Fsp3) is 1.00. The van der Waals surface area contributed by atoms with Crippen LogP contribution in [0.5, 0.6) is 0 Å². The van der Waals surface area contributed by atoms with Gasteiger partial charge in [-0.3, -0.25) is 0 Å². The molecule has 0 unspecified atom stereocenters. The third-order valence-corrected chi connectivity index (χ3v) is 0.604. The predicted molar refractivity (Wildman–Crippen MR) is 17.9 cm³/mol. The van der Waals surface area contributed by atoms with Gasteiger partial charge in [0.15, 0.2) is 0 Å². The van der Waals surface area contributed by atoms with Crippen molar-refractivity contribution in [1.29, 1.82) is 0 Å². The fourth-order valence-corrected chi connectivity index (χ4v) is 0.346. The van der Waals surface area contributed by atoms with Crippen molar-refractivity contribution in [2.75, 3.05) is 13.2 Å². The first-order valence-corrected chi connectivity index (χ1v) is 1.81. The Kier molecular flexibility index (Phi) is 1.05. The second-order valence-corrected chi connectivity index (χ2v) is 1.05. The van der Waals surface area contributed by atoms with E-state index in [4.69, 9.17) is 5.11 Å². The van der Waals surface area contributed by atoms with Crippen molar-refractivity contribution in [2.24, 2.45) is 0 Å². The Morgan fingerprint density at radius 2 is 1.83 bits per heavy atom. The molecule has 3 heteroatoms. The maximum absolute atomic E-state index is 8.28. The van der Waals surface area contributed by atoms with E-state index in [9.17, 15) is 0 Å². The average molecular weight is 90.1 g/mol. The SMILES string of the molecule is OC1OCCO1. The number of ether oxygens (including phenoxy) is 2. The van der Waals surface area contributed by atoms with Crippen molar-refractivity contribution in [2.45, 2.75) is 6.48 Å². The Morgan fingerprint density at radius 3 is 2.00 bits per heavy atom. The van der Waals surface area contributed by atoms with Crippen LogP contribution in [0.4, 0.5) is 0 Å². The van der Waals surface area contributed by atoms with Crippen LogP contribution in [0.25, 0.3) is 0 Å². The molecule has 1 saturated heterocycles. The van der Waals surface area contributed by atoms with Crippen molar-refractivity contribution in [3.63, 3.8) is 0 Å². The summed E-state index contributed by atoms with van der Waals surface area (Å²) in [5, 5.41) is 8.28. The minimum absolute atomic E-state index is 0.515. The summed E-state index contributed by atoms with van der Waals surface area (Å²) in [4.78, 5) is 0. The van der Waals surface area contributed by atoms with Gasteiger partial charge in [-0.15, -0.1) is 0 Å². The molecule has 1 N–H and O–H groups in total. The Hall–Kier alpha value is -0.120. The average Bonchev–Trinajstić information content (AvgIpc) is 1.86. The zero-order valence-corrected chi connectivity index (χ0v) is 3.26. The second kappa shape index (κ2) is 1.55. The summed E-state index contributed by atoms with van der Waals surface area (Å²) in [7, 11) is 0. The monoisotopic (exact) mass is 90.0 g/mol. The van der Waals surface area contributed by atoms with Gasteiger partial charge in [0.25, 0.3) is 6.48 Å². The topological polar surface area (TPSA) is 38.7 Å². The molecule has 0 atom stereocenters. The molecular formula is C3H6O3. The van der Waals surface area contributed by atoms with Crippen molar-refractivity contribution in [1.82, 2.24) is 0 Å². The summed E-state index contributed by atoms with van der Waals surface area (Å²) in [6, 6.07) is 0. The summed E-state index contributed by atoms with van der Waals surface area (Å²) in [6.45, 7) is 0.0764. The first-order chi connectivity index (χ1) is 2.89. The highest BCUT2D eigenvalue weighted by atomic mass is 16.8. The largest absolute Gasteiger partial charge is 0.346 e. The van der Waals surface area contributed by atoms with Gasteiger partial charge in [0.2, 0.25) is 0 Å².